The third-order valence-electron chi connectivity index (χ3n) is 3.33. The van der Waals surface area contributed by atoms with Crippen LogP contribution in [-0.2, 0) is 16.1 Å². The minimum atomic E-state index is -0.845. The number of carbonyl (C=O) groups is 2. The second-order valence-electron chi connectivity index (χ2n) is 5.05. The molecule has 0 saturated heterocycles. The van der Waals surface area contributed by atoms with Gasteiger partial charge in [-0.3, -0.25) is 4.79 Å². The number of hydrogen-bond acceptors (Lipinski definition) is 5. The minimum Gasteiger partial charge on any atom is -0.497 e. The second kappa shape index (κ2) is 7.78. The summed E-state index contributed by atoms with van der Waals surface area (Å²) < 4.78 is 10.3. The molecule has 5 nitrogen and oxygen atoms in total. The number of aryl methyl sites for hydroxylation is 1. The van der Waals surface area contributed by atoms with E-state index in [0.717, 1.165) is 16.9 Å². The summed E-state index contributed by atoms with van der Waals surface area (Å²) in [5.41, 5.74) is 1.79. The van der Waals surface area contributed by atoms with E-state index < -0.39 is 12.1 Å². The molecule has 0 spiro atoms. The van der Waals surface area contributed by atoms with E-state index in [4.69, 9.17) is 9.47 Å². The number of ether oxygens (including phenoxy) is 2. The first-order valence-electron chi connectivity index (χ1n) is 7.17. The molecule has 0 unspecified atom stereocenters. The average Bonchev–Trinajstić information content (AvgIpc) is 2.99. The third kappa shape index (κ3) is 4.56. The van der Waals surface area contributed by atoms with Gasteiger partial charge in [-0.15, -0.1) is 11.3 Å². The van der Waals surface area contributed by atoms with E-state index in [1.807, 2.05) is 42.6 Å². The predicted octanol–water partition coefficient (Wildman–Crippen LogP) is 2.93. The van der Waals surface area contributed by atoms with Gasteiger partial charge >= 0.3 is 5.97 Å². The summed E-state index contributed by atoms with van der Waals surface area (Å²) >= 11 is 1.31. The monoisotopic (exact) mass is 333 g/mol. The molecular weight excluding hydrogens is 314 g/mol. The Morgan fingerprint density at radius 1 is 1.22 bits per heavy atom. The fourth-order valence-electron chi connectivity index (χ4n) is 1.93. The van der Waals surface area contributed by atoms with Gasteiger partial charge < -0.3 is 14.8 Å². The zero-order valence-electron chi connectivity index (χ0n) is 13.3. The number of methoxy groups -OCH3 is 1. The van der Waals surface area contributed by atoms with Gasteiger partial charge in [0.2, 0.25) is 0 Å². The van der Waals surface area contributed by atoms with Gasteiger partial charge in [0.15, 0.2) is 6.10 Å². The van der Waals surface area contributed by atoms with Crippen LogP contribution in [0.4, 0.5) is 0 Å². The van der Waals surface area contributed by atoms with Gasteiger partial charge in [0.1, 0.15) is 10.6 Å². The fraction of sp³-hybridized carbons (Fsp3) is 0.294. The molecule has 1 amide bonds. The topological polar surface area (TPSA) is 64.6 Å². The van der Waals surface area contributed by atoms with E-state index in [0.29, 0.717) is 11.4 Å². The molecule has 122 valence electrons. The van der Waals surface area contributed by atoms with Crippen LogP contribution in [0.15, 0.2) is 35.7 Å². The Bertz CT molecular complexity index is 678. The Morgan fingerprint density at radius 2 is 1.91 bits per heavy atom. The summed E-state index contributed by atoms with van der Waals surface area (Å²) in [6.07, 6.45) is -0.845. The summed E-state index contributed by atoms with van der Waals surface area (Å²) in [4.78, 5) is 24.5. The summed E-state index contributed by atoms with van der Waals surface area (Å²) in [5.74, 6) is -0.0401. The molecule has 1 N–H and O–H groups in total. The van der Waals surface area contributed by atoms with Crippen LogP contribution in [0, 0.1) is 6.92 Å². The lowest BCUT2D eigenvalue weighted by Gasteiger charge is -2.13. The van der Waals surface area contributed by atoms with Crippen molar-refractivity contribution < 1.29 is 19.1 Å². The maximum Gasteiger partial charge on any atom is 0.349 e. The Hall–Kier alpha value is -2.34. The first-order valence-corrected chi connectivity index (χ1v) is 8.05. The zero-order chi connectivity index (χ0) is 16.8. The summed E-state index contributed by atoms with van der Waals surface area (Å²) in [6.45, 7) is 3.76. The van der Waals surface area contributed by atoms with Gasteiger partial charge in [0.05, 0.1) is 7.11 Å². The first-order chi connectivity index (χ1) is 11.0. The highest BCUT2D eigenvalue weighted by Crippen LogP contribution is 2.17. The molecule has 0 saturated carbocycles. The van der Waals surface area contributed by atoms with E-state index in [9.17, 15) is 9.59 Å². The normalized spacial score (nSPS) is 11.6. The van der Waals surface area contributed by atoms with Crippen molar-refractivity contribution in [2.24, 2.45) is 0 Å². The van der Waals surface area contributed by atoms with Crippen LogP contribution in [-0.4, -0.2) is 25.1 Å². The Morgan fingerprint density at radius 3 is 2.48 bits per heavy atom. The van der Waals surface area contributed by atoms with Crippen LogP contribution in [0.25, 0.3) is 0 Å². The molecule has 23 heavy (non-hydrogen) atoms. The highest BCUT2D eigenvalue weighted by molar-refractivity contribution is 7.12. The molecule has 1 atom stereocenters. The van der Waals surface area contributed by atoms with Gasteiger partial charge in [-0.1, -0.05) is 12.1 Å². The summed E-state index contributed by atoms with van der Waals surface area (Å²) in [5, 5.41) is 4.57. The van der Waals surface area contributed by atoms with Gasteiger partial charge in [-0.25, -0.2) is 4.79 Å². The average molecular weight is 333 g/mol. The molecule has 1 aromatic carbocycles. The van der Waals surface area contributed by atoms with Gasteiger partial charge in [0, 0.05) is 6.54 Å². The molecule has 0 aliphatic heterocycles. The minimum absolute atomic E-state index is 0.330. The van der Waals surface area contributed by atoms with Crippen LogP contribution in [0.3, 0.4) is 0 Å². The zero-order valence-corrected chi connectivity index (χ0v) is 14.1. The standard InChI is InChI=1S/C17H19NO4S/c1-11-8-9-23-15(11)17(20)22-12(2)16(19)18-10-13-4-6-14(21-3)7-5-13/h4-9,12H,10H2,1-3H3,(H,18,19)/t12-/m1/s1. The van der Waals surface area contributed by atoms with Gasteiger partial charge in [0.25, 0.3) is 5.91 Å². The lowest BCUT2D eigenvalue weighted by Crippen LogP contribution is -2.35. The van der Waals surface area contributed by atoms with Crippen molar-refractivity contribution >= 4 is 23.2 Å². The maximum atomic E-state index is 12.0. The quantitative estimate of drug-likeness (QED) is 0.826. The van der Waals surface area contributed by atoms with E-state index >= 15 is 0 Å². The molecule has 1 aromatic heterocycles. The number of amides is 1. The molecule has 0 fully saturated rings. The lowest BCUT2D eigenvalue weighted by molar-refractivity contribution is -0.129. The van der Waals surface area contributed by atoms with Crippen molar-refractivity contribution in [2.45, 2.75) is 26.5 Å². The smallest absolute Gasteiger partial charge is 0.349 e. The highest BCUT2D eigenvalue weighted by Gasteiger charge is 2.20. The highest BCUT2D eigenvalue weighted by atomic mass is 32.1. The SMILES string of the molecule is COc1ccc(CNC(=O)[C@@H](C)OC(=O)c2sccc2C)cc1. The Balaban J connectivity index is 1.84. The molecule has 6 heteroatoms. The largest absolute Gasteiger partial charge is 0.497 e. The molecule has 2 aromatic rings. The van der Waals surface area contributed by atoms with Crippen molar-refractivity contribution in [3.63, 3.8) is 0 Å². The Kier molecular flexibility index (Phi) is 5.76. The van der Waals surface area contributed by atoms with Crippen LogP contribution >= 0.6 is 11.3 Å². The van der Waals surface area contributed by atoms with Gasteiger partial charge in [-0.05, 0) is 48.6 Å². The van der Waals surface area contributed by atoms with Crippen LogP contribution in [0.1, 0.15) is 27.7 Å². The van der Waals surface area contributed by atoms with Gasteiger partial charge in [-0.2, -0.15) is 0 Å². The van der Waals surface area contributed by atoms with Crippen molar-refractivity contribution in [1.82, 2.24) is 5.32 Å². The van der Waals surface area contributed by atoms with Crippen LogP contribution < -0.4 is 10.1 Å². The summed E-state index contributed by atoms with van der Waals surface area (Å²) in [6, 6.07) is 9.22. The van der Waals surface area contributed by atoms with E-state index in [1.165, 1.54) is 11.3 Å². The Labute approximate surface area is 139 Å². The molecular formula is C17H19NO4S. The number of rotatable bonds is 6. The molecule has 2 rings (SSSR count). The third-order valence-corrected chi connectivity index (χ3v) is 4.32. The predicted molar refractivity (Wildman–Crippen MR) is 88.8 cm³/mol. The summed E-state index contributed by atoms with van der Waals surface area (Å²) in [7, 11) is 1.60. The molecule has 0 aliphatic carbocycles. The molecule has 0 bridgehead atoms. The van der Waals surface area contributed by atoms with E-state index in [1.54, 1.807) is 14.0 Å². The number of thiophene rings is 1. The number of hydrogen-bond donors (Lipinski definition) is 1. The van der Waals surface area contributed by atoms with Crippen molar-refractivity contribution in [3.05, 3.63) is 51.7 Å². The number of carbonyl (C=O) groups excluding carboxylic acids is 2. The van der Waals surface area contributed by atoms with Crippen molar-refractivity contribution in [3.8, 4) is 5.75 Å². The van der Waals surface area contributed by atoms with Crippen LogP contribution in [0.2, 0.25) is 0 Å². The fourth-order valence-corrected chi connectivity index (χ4v) is 2.73. The first kappa shape index (κ1) is 17.0. The second-order valence-corrected chi connectivity index (χ2v) is 5.96. The number of benzene rings is 1. The maximum absolute atomic E-state index is 12.0. The van der Waals surface area contributed by atoms with E-state index in [2.05, 4.69) is 5.32 Å². The van der Waals surface area contributed by atoms with Crippen molar-refractivity contribution in [1.29, 1.82) is 0 Å². The molecule has 0 aliphatic rings. The van der Waals surface area contributed by atoms with E-state index in [-0.39, 0.29) is 5.91 Å². The van der Waals surface area contributed by atoms with Crippen molar-refractivity contribution in [2.75, 3.05) is 7.11 Å². The molecule has 1 heterocycles. The van der Waals surface area contributed by atoms with Crippen LogP contribution in [0.5, 0.6) is 5.75 Å². The number of esters is 1. The lowest BCUT2D eigenvalue weighted by atomic mass is 10.2. The number of nitrogens with one attached hydrogen (secondary N) is 1. The molecule has 0 radical (unpaired) electrons.